The maximum atomic E-state index is 12.4. The Morgan fingerprint density at radius 2 is 2.20 bits per heavy atom. The lowest BCUT2D eigenvalue weighted by atomic mass is 9.91. The van der Waals surface area contributed by atoms with Gasteiger partial charge in [0.05, 0.1) is 17.8 Å². The third kappa shape index (κ3) is 2.70. The molecule has 2 aliphatic rings. The van der Waals surface area contributed by atoms with Crippen molar-refractivity contribution in [1.29, 1.82) is 0 Å². The van der Waals surface area contributed by atoms with Crippen LogP contribution < -0.4 is 5.32 Å². The van der Waals surface area contributed by atoms with E-state index in [-0.39, 0.29) is 18.0 Å². The number of likely N-dealkylation sites (tertiary alicyclic amines) is 1. The van der Waals surface area contributed by atoms with Crippen molar-refractivity contribution in [3.8, 4) is 0 Å². The van der Waals surface area contributed by atoms with Crippen molar-refractivity contribution in [1.82, 2.24) is 15.2 Å². The minimum atomic E-state index is -0.119. The summed E-state index contributed by atoms with van der Waals surface area (Å²) in [4.78, 5) is 18.9. The first-order valence-corrected chi connectivity index (χ1v) is 7.74. The van der Waals surface area contributed by atoms with Gasteiger partial charge in [0.2, 0.25) is 5.91 Å². The monoisotopic (exact) mass is 273 g/mol. The molecule has 0 spiro atoms. The SMILES string of the molecule is CC(NC1CCCc2cccnc21)C(=O)N1CCCC1. The smallest absolute Gasteiger partial charge is 0.239 e. The fraction of sp³-hybridized carbons (Fsp3) is 0.625. The molecule has 1 amide bonds. The van der Waals surface area contributed by atoms with Crippen LogP contribution in [0.15, 0.2) is 18.3 Å². The lowest BCUT2D eigenvalue weighted by Crippen LogP contribution is -2.45. The van der Waals surface area contributed by atoms with Gasteiger partial charge in [-0.1, -0.05) is 6.07 Å². The Balaban J connectivity index is 1.67. The molecule has 1 saturated heterocycles. The van der Waals surface area contributed by atoms with Crippen LogP contribution >= 0.6 is 0 Å². The van der Waals surface area contributed by atoms with Crippen molar-refractivity contribution in [2.75, 3.05) is 13.1 Å². The van der Waals surface area contributed by atoms with Crippen LogP contribution in [-0.2, 0) is 11.2 Å². The number of carbonyl (C=O) groups excluding carboxylic acids is 1. The lowest BCUT2D eigenvalue weighted by molar-refractivity contribution is -0.132. The van der Waals surface area contributed by atoms with Gasteiger partial charge in [0.15, 0.2) is 0 Å². The molecule has 108 valence electrons. The number of rotatable bonds is 3. The molecule has 20 heavy (non-hydrogen) atoms. The second kappa shape index (κ2) is 5.92. The van der Waals surface area contributed by atoms with E-state index in [0.717, 1.165) is 44.5 Å². The van der Waals surface area contributed by atoms with Crippen molar-refractivity contribution >= 4 is 5.91 Å². The van der Waals surface area contributed by atoms with Gasteiger partial charge in [-0.3, -0.25) is 15.1 Å². The predicted octanol–water partition coefficient (Wildman–Crippen LogP) is 2.06. The molecule has 0 bridgehead atoms. The second-order valence-corrected chi connectivity index (χ2v) is 5.91. The highest BCUT2D eigenvalue weighted by atomic mass is 16.2. The standard InChI is InChI=1S/C16H23N3O/c1-12(16(20)19-10-2-3-11-19)18-14-8-4-6-13-7-5-9-17-15(13)14/h5,7,9,12,14,18H,2-4,6,8,10-11H2,1H3. The first kappa shape index (κ1) is 13.6. The molecule has 1 N–H and O–H groups in total. The molecule has 3 rings (SSSR count). The van der Waals surface area contributed by atoms with E-state index in [0.29, 0.717) is 0 Å². The van der Waals surface area contributed by atoms with Crippen molar-refractivity contribution in [3.05, 3.63) is 29.6 Å². The second-order valence-electron chi connectivity index (χ2n) is 5.91. The predicted molar refractivity (Wildman–Crippen MR) is 78.3 cm³/mol. The van der Waals surface area contributed by atoms with Crippen LogP contribution in [0.1, 0.15) is 49.9 Å². The highest BCUT2D eigenvalue weighted by molar-refractivity contribution is 5.81. The van der Waals surface area contributed by atoms with E-state index >= 15 is 0 Å². The highest BCUT2D eigenvalue weighted by Gasteiger charge is 2.28. The fourth-order valence-corrected chi connectivity index (χ4v) is 3.36. The summed E-state index contributed by atoms with van der Waals surface area (Å²) in [6.45, 7) is 3.83. The molecule has 0 radical (unpaired) electrons. The molecular weight excluding hydrogens is 250 g/mol. The number of hydrogen-bond acceptors (Lipinski definition) is 3. The minimum absolute atomic E-state index is 0.119. The summed E-state index contributed by atoms with van der Waals surface area (Å²) >= 11 is 0. The van der Waals surface area contributed by atoms with Gasteiger partial charge in [0.25, 0.3) is 0 Å². The Kier molecular flexibility index (Phi) is 4.01. The van der Waals surface area contributed by atoms with Crippen LogP contribution in [0.3, 0.4) is 0 Å². The molecule has 4 nitrogen and oxygen atoms in total. The number of pyridine rings is 1. The van der Waals surface area contributed by atoms with Gasteiger partial charge >= 0.3 is 0 Å². The zero-order chi connectivity index (χ0) is 13.9. The van der Waals surface area contributed by atoms with Crippen LogP contribution in [0.25, 0.3) is 0 Å². The third-order valence-corrected chi connectivity index (χ3v) is 4.43. The number of aromatic nitrogens is 1. The molecular formula is C16H23N3O. The summed E-state index contributed by atoms with van der Waals surface area (Å²) in [5.74, 6) is 0.241. The summed E-state index contributed by atoms with van der Waals surface area (Å²) in [7, 11) is 0. The number of nitrogens with one attached hydrogen (secondary N) is 1. The molecule has 2 atom stereocenters. The molecule has 1 aliphatic heterocycles. The van der Waals surface area contributed by atoms with E-state index in [2.05, 4.69) is 16.4 Å². The number of aryl methyl sites for hydroxylation is 1. The van der Waals surface area contributed by atoms with Crippen molar-refractivity contribution < 1.29 is 4.79 Å². The maximum Gasteiger partial charge on any atom is 0.239 e. The lowest BCUT2D eigenvalue weighted by Gasteiger charge is -2.29. The average Bonchev–Trinajstić information content (AvgIpc) is 3.01. The highest BCUT2D eigenvalue weighted by Crippen LogP contribution is 2.28. The van der Waals surface area contributed by atoms with Gasteiger partial charge in [-0.05, 0) is 50.7 Å². The Morgan fingerprint density at radius 1 is 1.40 bits per heavy atom. The van der Waals surface area contributed by atoms with Gasteiger partial charge in [-0.15, -0.1) is 0 Å². The Morgan fingerprint density at radius 3 is 3.00 bits per heavy atom. The molecule has 0 aromatic carbocycles. The van der Waals surface area contributed by atoms with E-state index in [1.807, 2.05) is 24.1 Å². The van der Waals surface area contributed by atoms with Gasteiger partial charge in [0, 0.05) is 19.3 Å². The van der Waals surface area contributed by atoms with Gasteiger partial charge in [0.1, 0.15) is 0 Å². The number of hydrogen-bond donors (Lipinski definition) is 1. The van der Waals surface area contributed by atoms with Crippen LogP contribution in [-0.4, -0.2) is 34.9 Å². The average molecular weight is 273 g/mol. The minimum Gasteiger partial charge on any atom is -0.341 e. The zero-order valence-corrected chi connectivity index (χ0v) is 12.1. The van der Waals surface area contributed by atoms with E-state index in [1.165, 1.54) is 12.0 Å². The number of amides is 1. The molecule has 1 aromatic rings. The maximum absolute atomic E-state index is 12.4. The van der Waals surface area contributed by atoms with Crippen LogP contribution in [0.4, 0.5) is 0 Å². The van der Waals surface area contributed by atoms with E-state index in [1.54, 1.807) is 0 Å². The molecule has 1 aliphatic carbocycles. The molecule has 1 fully saturated rings. The summed E-state index contributed by atoms with van der Waals surface area (Å²) in [6, 6.07) is 4.26. The van der Waals surface area contributed by atoms with Crippen molar-refractivity contribution in [3.63, 3.8) is 0 Å². The Bertz CT molecular complexity index is 482. The van der Waals surface area contributed by atoms with E-state index in [9.17, 15) is 4.79 Å². The summed E-state index contributed by atoms with van der Waals surface area (Å²) in [5, 5.41) is 3.50. The Labute approximate surface area is 120 Å². The van der Waals surface area contributed by atoms with Gasteiger partial charge < -0.3 is 4.90 Å². The normalized spacial score (nSPS) is 23.4. The third-order valence-electron chi connectivity index (χ3n) is 4.43. The molecule has 2 unspecified atom stereocenters. The number of carbonyl (C=O) groups is 1. The van der Waals surface area contributed by atoms with Crippen LogP contribution in [0.5, 0.6) is 0 Å². The zero-order valence-electron chi connectivity index (χ0n) is 12.1. The molecule has 0 saturated carbocycles. The first-order valence-electron chi connectivity index (χ1n) is 7.74. The summed E-state index contributed by atoms with van der Waals surface area (Å²) in [6.07, 6.45) is 7.49. The Hall–Kier alpha value is -1.42. The van der Waals surface area contributed by atoms with Gasteiger partial charge in [-0.2, -0.15) is 0 Å². The summed E-state index contributed by atoms with van der Waals surface area (Å²) in [5.41, 5.74) is 2.47. The number of fused-ring (bicyclic) bond motifs is 1. The number of nitrogens with zero attached hydrogens (tertiary/aromatic N) is 2. The quantitative estimate of drug-likeness (QED) is 0.917. The van der Waals surface area contributed by atoms with Gasteiger partial charge in [-0.25, -0.2) is 0 Å². The van der Waals surface area contributed by atoms with E-state index < -0.39 is 0 Å². The van der Waals surface area contributed by atoms with Crippen LogP contribution in [0.2, 0.25) is 0 Å². The van der Waals surface area contributed by atoms with E-state index in [4.69, 9.17) is 0 Å². The first-order chi connectivity index (χ1) is 9.75. The topological polar surface area (TPSA) is 45.2 Å². The van der Waals surface area contributed by atoms with Crippen LogP contribution in [0, 0.1) is 0 Å². The largest absolute Gasteiger partial charge is 0.341 e. The summed E-state index contributed by atoms with van der Waals surface area (Å²) < 4.78 is 0. The fourth-order valence-electron chi connectivity index (χ4n) is 3.36. The molecule has 4 heteroatoms. The van der Waals surface area contributed by atoms with Crippen molar-refractivity contribution in [2.24, 2.45) is 0 Å². The molecule has 2 heterocycles. The van der Waals surface area contributed by atoms with Crippen molar-refractivity contribution in [2.45, 2.75) is 51.1 Å². The molecule has 1 aromatic heterocycles.